The van der Waals surface area contributed by atoms with Crippen molar-refractivity contribution in [2.24, 2.45) is 5.73 Å². The van der Waals surface area contributed by atoms with Gasteiger partial charge < -0.3 is 5.73 Å². The van der Waals surface area contributed by atoms with Crippen LogP contribution in [0.2, 0.25) is 0 Å². The monoisotopic (exact) mass is 348 g/mol. The molecule has 3 unspecified atom stereocenters. The summed E-state index contributed by atoms with van der Waals surface area (Å²) in [4.78, 5) is 4.52. The fraction of sp³-hybridized carbons (Fsp3) is 0.714. The highest BCUT2D eigenvalue weighted by Gasteiger charge is 2.39. The third kappa shape index (κ3) is 3.82. The second kappa shape index (κ2) is 7.00. The Balaban J connectivity index is 2.37. The van der Waals surface area contributed by atoms with Gasteiger partial charge in [0, 0.05) is 39.6 Å². The van der Waals surface area contributed by atoms with Crippen LogP contribution in [0.4, 0.5) is 0 Å². The first kappa shape index (κ1) is 17.3. The fourth-order valence-corrected chi connectivity index (χ4v) is 6.92. The number of thiophene rings is 1. The van der Waals surface area contributed by atoms with Gasteiger partial charge in [-0.05, 0) is 26.0 Å². The molecule has 0 spiro atoms. The lowest BCUT2D eigenvalue weighted by atomic mass is 10.1. The number of nitrogens with zero attached hydrogens (tertiary/aromatic N) is 1. The van der Waals surface area contributed by atoms with E-state index in [1.54, 1.807) is 30.0 Å². The van der Waals surface area contributed by atoms with Gasteiger partial charge in [0.15, 0.2) is 9.84 Å². The molecule has 7 heteroatoms. The molecule has 0 aromatic carbocycles. The number of nitrogens with two attached hydrogens (primary N) is 1. The molecule has 0 amide bonds. The maximum Gasteiger partial charge on any atom is 0.166 e. The number of hydrogen-bond donors (Lipinski definition) is 1. The molecule has 0 bridgehead atoms. The van der Waals surface area contributed by atoms with Crippen LogP contribution in [-0.2, 0) is 9.84 Å². The lowest BCUT2D eigenvalue weighted by molar-refractivity contribution is 0.175. The molecule has 1 aliphatic heterocycles. The zero-order valence-electron chi connectivity index (χ0n) is 12.8. The molecule has 3 atom stereocenters. The first-order valence-electron chi connectivity index (χ1n) is 7.23. The molecule has 1 aromatic rings. The lowest BCUT2D eigenvalue weighted by Gasteiger charge is -2.41. The zero-order chi connectivity index (χ0) is 15.6. The number of aryl methyl sites for hydroxylation is 1. The molecule has 0 radical (unpaired) electrons. The molecule has 1 fully saturated rings. The molecule has 120 valence electrons. The van der Waals surface area contributed by atoms with Gasteiger partial charge >= 0.3 is 0 Å². The van der Waals surface area contributed by atoms with E-state index in [1.165, 1.54) is 9.75 Å². The van der Waals surface area contributed by atoms with E-state index < -0.39 is 15.2 Å². The summed E-state index contributed by atoms with van der Waals surface area (Å²) in [6.45, 7) is 6.54. The van der Waals surface area contributed by atoms with Crippen LogP contribution in [0.5, 0.6) is 0 Å². The minimum absolute atomic E-state index is 0.0177. The smallest absolute Gasteiger partial charge is 0.166 e. The van der Waals surface area contributed by atoms with Crippen LogP contribution in [-0.4, -0.2) is 48.5 Å². The topological polar surface area (TPSA) is 63.4 Å². The van der Waals surface area contributed by atoms with Crippen molar-refractivity contribution in [1.29, 1.82) is 0 Å². The summed E-state index contributed by atoms with van der Waals surface area (Å²) < 4.78 is 24.9. The number of sulfone groups is 1. The molecule has 0 aliphatic carbocycles. The Morgan fingerprint density at radius 2 is 2.19 bits per heavy atom. The number of thioether (sulfide) groups is 1. The average Bonchev–Trinajstić information content (AvgIpc) is 2.85. The third-order valence-corrected chi connectivity index (χ3v) is 8.23. The zero-order valence-corrected chi connectivity index (χ0v) is 15.2. The highest BCUT2D eigenvalue weighted by atomic mass is 32.2. The first-order valence-corrected chi connectivity index (χ1v) is 10.9. The first-order chi connectivity index (χ1) is 9.86. The summed E-state index contributed by atoms with van der Waals surface area (Å²) in [5, 5.41) is -0.417. The van der Waals surface area contributed by atoms with Crippen LogP contribution in [0.3, 0.4) is 0 Å². The van der Waals surface area contributed by atoms with Crippen LogP contribution >= 0.6 is 23.1 Å². The van der Waals surface area contributed by atoms with Crippen LogP contribution in [0.1, 0.15) is 29.6 Å². The van der Waals surface area contributed by atoms with Crippen LogP contribution < -0.4 is 5.73 Å². The molecule has 1 saturated heterocycles. The summed E-state index contributed by atoms with van der Waals surface area (Å²) in [5.41, 5.74) is 6.22. The minimum Gasteiger partial charge on any atom is -0.326 e. The van der Waals surface area contributed by atoms with E-state index in [9.17, 15) is 8.42 Å². The summed E-state index contributed by atoms with van der Waals surface area (Å²) in [6.07, 6.45) is 0. The van der Waals surface area contributed by atoms with Crippen LogP contribution in [0.15, 0.2) is 12.1 Å². The van der Waals surface area contributed by atoms with E-state index in [2.05, 4.69) is 24.0 Å². The normalized spacial score (nSPS) is 23.9. The average molecular weight is 349 g/mol. The maximum atomic E-state index is 12.4. The molecule has 21 heavy (non-hydrogen) atoms. The molecule has 1 aliphatic rings. The maximum absolute atomic E-state index is 12.4. The predicted molar refractivity (Wildman–Crippen MR) is 92.7 cm³/mol. The van der Waals surface area contributed by atoms with Crippen molar-refractivity contribution in [1.82, 2.24) is 4.90 Å². The van der Waals surface area contributed by atoms with Crippen molar-refractivity contribution in [3.63, 3.8) is 0 Å². The number of rotatable bonds is 5. The van der Waals surface area contributed by atoms with Gasteiger partial charge in [-0.25, -0.2) is 8.42 Å². The van der Waals surface area contributed by atoms with E-state index in [4.69, 9.17) is 5.73 Å². The van der Waals surface area contributed by atoms with Gasteiger partial charge in [-0.15, -0.1) is 11.3 Å². The van der Waals surface area contributed by atoms with Gasteiger partial charge in [-0.2, -0.15) is 11.8 Å². The Morgan fingerprint density at radius 3 is 2.71 bits per heavy atom. The Hall–Kier alpha value is -0.0800. The van der Waals surface area contributed by atoms with E-state index in [-0.39, 0.29) is 17.8 Å². The number of hydrogen-bond acceptors (Lipinski definition) is 6. The molecular formula is C14H24N2O2S3. The van der Waals surface area contributed by atoms with E-state index in [0.717, 1.165) is 12.3 Å². The highest BCUT2D eigenvalue weighted by molar-refractivity contribution is 8.01. The van der Waals surface area contributed by atoms with Crippen molar-refractivity contribution >= 4 is 32.9 Å². The van der Waals surface area contributed by atoms with Gasteiger partial charge in [-0.1, -0.05) is 6.92 Å². The quantitative estimate of drug-likeness (QED) is 0.884. The molecule has 4 nitrogen and oxygen atoms in total. The molecule has 0 saturated carbocycles. The van der Waals surface area contributed by atoms with Gasteiger partial charge in [0.2, 0.25) is 0 Å². The molecule has 2 N–H and O–H groups in total. The van der Waals surface area contributed by atoms with Gasteiger partial charge in [-0.3, -0.25) is 4.90 Å². The van der Waals surface area contributed by atoms with Crippen molar-refractivity contribution in [3.05, 3.63) is 21.9 Å². The Morgan fingerprint density at radius 1 is 1.48 bits per heavy atom. The summed E-state index contributed by atoms with van der Waals surface area (Å²) in [7, 11) is -3.10. The Bertz CT molecular complexity index is 569. The highest BCUT2D eigenvalue weighted by Crippen LogP contribution is 2.35. The van der Waals surface area contributed by atoms with Crippen molar-refractivity contribution < 1.29 is 8.42 Å². The van der Waals surface area contributed by atoms with E-state index >= 15 is 0 Å². The Kier molecular flexibility index (Phi) is 5.76. The summed E-state index contributed by atoms with van der Waals surface area (Å²) in [5.74, 6) is 1.79. The molecule has 2 rings (SSSR count). The third-order valence-electron chi connectivity index (χ3n) is 3.85. The predicted octanol–water partition coefficient (Wildman–Crippen LogP) is 2.25. The van der Waals surface area contributed by atoms with Gasteiger partial charge in [0.25, 0.3) is 0 Å². The van der Waals surface area contributed by atoms with Crippen molar-refractivity contribution in [3.8, 4) is 0 Å². The largest absolute Gasteiger partial charge is 0.326 e. The van der Waals surface area contributed by atoms with Crippen molar-refractivity contribution in [2.45, 2.75) is 38.2 Å². The fourth-order valence-electron chi connectivity index (χ4n) is 2.75. The summed E-state index contributed by atoms with van der Waals surface area (Å²) in [6, 6.07) is 4.06. The van der Waals surface area contributed by atoms with Gasteiger partial charge in [0.05, 0.1) is 6.04 Å². The second-order valence-electron chi connectivity index (χ2n) is 5.47. The summed E-state index contributed by atoms with van der Waals surface area (Å²) >= 11 is 3.44. The molecule has 1 aromatic heterocycles. The van der Waals surface area contributed by atoms with Crippen LogP contribution in [0, 0.1) is 6.92 Å². The standard InChI is InChI=1S/C14H24N2O2S3/c1-4-21(17,18)13-9-19-8-7-16(13)14(11(3)15)12-6-5-10(2)20-12/h5-6,11,13-14H,4,7-9,15H2,1-3H3. The van der Waals surface area contributed by atoms with E-state index in [1.807, 2.05) is 6.92 Å². The lowest BCUT2D eigenvalue weighted by Crippen LogP contribution is -2.52. The SMILES string of the molecule is CCS(=O)(=O)C1CSCCN1C(c1ccc(C)s1)C(C)N. The Labute approximate surface area is 136 Å². The van der Waals surface area contributed by atoms with Crippen LogP contribution in [0.25, 0.3) is 0 Å². The van der Waals surface area contributed by atoms with E-state index in [0.29, 0.717) is 5.75 Å². The molecule has 2 heterocycles. The minimum atomic E-state index is -3.10. The van der Waals surface area contributed by atoms with Crippen molar-refractivity contribution in [2.75, 3.05) is 23.8 Å². The van der Waals surface area contributed by atoms with Gasteiger partial charge in [0.1, 0.15) is 5.37 Å². The second-order valence-corrected chi connectivity index (χ2v) is 10.4. The molecular weight excluding hydrogens is 324 g/mol.